The molecule has 1 amide bonds. The molecule has 1 fully saturated rings. The minimum Gasteiger partial charge on any atom is -0.493 e. The molecule has 1 aliphatic rings. The molecule has 1 heterocycles. The van der Waals surface area contributed by atoms with Crippen LogP contribution in [0.1, 0.15) is 11.1 Å². The summed E-state index contributed by atoms with van der Waals surface area (Å²) in [6, 6.07) is 22.8. The molecule has 0 aromatic heterocycles. The zero-order valence-corrected chi connectivity index (χ0v) is 19.9. The van der Waals surface area contributed by atoms with Crippen molar-refractivity contribution in [1.82, 2.24) is 0 Å². The predicted molar refractivity (Wildman–Crippen MR) is 137 cm³/mol. The van der Waals surface area contributed by atoms with Crippen LogP contribution in [0.2, 0.25) is 0 Å². The molecule has 0 bridgehead atoms. The highest BCUT2D eigenvalue weighted by atomic mass is 32.2. The van der Waals surface area contributed by atoms with E-state index < -0.39 is 0 Å². The summed E-state index contributed by atoms with van der Waals surface area (Å²) in [5, 5.41) is 0. The van der Waals surface area contributed by atoms with Gasteiger partial charge in [0.15, 0.2) is 15.8 Å². The van der Waals surface area contributed by atoms with Crippen LogP contribution >= 0.6 is 24.0 Å². The summed E-state index contributed by atoms with van der Waals surface area (Å²) in [7, 11) is 1.61. The molecule has 3 aromatic rings. The molecule has 0 radical (unpaired) electrons. The quantitative estimate of drug-likeness (QED) is 0.230. The van der Waals surface area contributed by atoms with E-state index in [1.54, 1.807) is 12.0 Å². The highest BCUT2D eigenvalue weighted by Crippen LogP contribution is 2.36. The van der Waals surface area contributed by atoms with E-state index in [4.69, 9.17) is 26.4 Å². The highest BCUT2D eigenvalue weighted by molar-refractivity contribution is 8.27. The molecular weight excluding hydrogens is 454 g/mol. The van der Waals surface area contributed by atoms with Crippen LogP contribution in [0.5, 0.6) is 17.2 Å². The van der Waals surface area contributed by atoms with Gasteiger partial charge in [0.2, 0.25) is 0 Å². The number of para-hydroxylation sites is 2. The van der Waals surface area contributed by atoms with Crippen molar-refractivity contribution < 1.29 is 19.0 Å². The van der Waals surface area contributed by atoms with Crippen molar-refractivity contribution in [2.45, 2.75) is 6.92 Å². The minimum atomic E-state index is -0.107. The lowest BCUT2D eigenvalue weighted by molar-refractivity contribution is -0.113. The maximum Gasteiger partial charge on any atom is 0.270 e. The number of carbonyl (C=O) groups excluding carboxylic acids is 1. The fraction of sp³-hybridized carbons (Fsp3) is 0.154. The summed E-state index contributed by atoms with van der Waals surface area (Å²) in [5.74, 6) is 1.99. The Morgan fingerprint density at radius 1 is 0.939 bits per heavy atom. The molecule has 1 aliphatic heterocycles. The fourth-order valence-electron chi connectivity index (χ4n) is 3.32. The first kappa shape index (κ1) is 22.9. The van der Waals surface area contributed by atoms with Gasteiger partial charge in [-0.3, -0.25) is 9.69 Å². The summed E-state index contributed by atoms with van der Waals surface area (Å²) < 4.78 is 17.3. The van der Waals surface area contributed by atoms with Gasteiger partial charge in [-0.2, -0.15) is 0 Å². The summed E-state index contributed by atoms with van der Waals surface area (Å²) in [5.41, 5.74) is 2.77. The molecule has 4 rings (SSSR count). The van der Waals surface area contributed by atoms with E-state index in [0.717, 1.165) is 22.6 Å². The molecular formula is C26H23NO4S2. The molecule has 168 valence electrons. The van der Waals surface area contributed by atoms with Gasteiger partial charge in [-0.05, 0) is 60.5 Å². The molecule has 3 aromatic carbocycles. The Balaban J connectivity index is 1.34. The van der Waals surface area contributed by atoms with E-state index in [1.807, 2.05) is 85.8 Å². The Morgan fingerprint density at radius 2 is 1.67 bits per heavy atom. The van der Waals surface area contributed by atoms with Crippen molar-refractivity contribution >= 4 is 46.0 Å². The molecule has 1 saturated heterocycles. The summed E-state index contributed by atoms with van der Waals surface area (Å²) in [6.07, 6.45) is 1.85. The first-order valence-corrected chi connectivity index (χ1v) is 11.6. The lowest BCUT2D eigenvalue weighted by Gasteiger charge is -2.14. The van der Waals surface area contributed by atoms with E-state index in [1.165, 1.54) is 11.8 Å². The van der Waals surface area contributed by atoms with E-state index in [0.29, 0.717) is 33.9 Å². The van der Waals surface area contributed by atoms with Gasteiger partial charge in [-0.15, -0.1) is 0 Å². The molecule has 0 spiro atoms. The third-order valence-electron chi connectivity index (χ3n) is 4.91. The number of amides is 1. The van der Waals surface area contributed by atoms with Crippen molar-refractivity contribution in [2.24, 2.45) is 0 Å². The standard InChI is InChI=1S/C26H23NO4S2/c1-18-6-5-7-20(16-18)27-25(28)24(33-26(27)32)17-19-10-12-21(13-11-19)30-14-15-31-23-9-4-3-8-22(23)29-2/h3-13,16-17H,14-15H2,1-2H3/b24-17-. The van der Waals surface area contributed by atoms with Crippen LogP contribution in [0.3, 0.4) is 0 Å². The molecule has 0 atom stereocenters. The van der Waals surface area contributed by atoms with E-state index in [9.17, 15) is 4.79 Å². The molecule has 0 saturated carbocycles. The van der Waals surface area contributed by atoms with Gasteiger partial charge in [0.1, 0.15) is 19.0 Å². The molecule has 0 aliphatic carbocycles. The van der Waals surface area contributed by atoms with E-state index in [-0.39, 0.29) is 5.91 Å². The van der Waals surface area contributed by atoms with Crippen LogP contribution in [0, 0.1) is 6.92 Å². The normalized spacial score (nSPS) is 14.6. The Kier molecular flexibility index (Phi) is 7.32. The van der Waals surface area contributed by atoms with Crippen molar-refractivity contribution in [3.63, 3.8) is 0 Å². The van der Waals surface area contributed by atoms with Crippen molar-refractivity contribution in [3.05, 3.63) is 88.8 Å². The van der Waals surface area contributed by atoms with E-state index >= 15 is 0 Å². The number of nitrogens with zero attached hydrogens (tertiary/aromatic N) is 1. The molecule has 33 heavy (non-hydrogen) atoms. The number of thioether (sulfide) groups is 1. The van der Waals surface area contributed by atoms with Gasteiger partial charge in [0.05, 0.1) is 17.7 Å². The van der Waals surface area contributed by atoms with Gasteiger partial charge >= 0.3 is 0 Å². The average molecular weight is 478 g/mol. The topological polar surface area (TPSA) is 48.0 Å². The number of ether oxygens (including phenoxy) is 3. The third kappa shape index (κ3) is 5.56. The number of aryl methyl sites for hydroxylation is 1. The Hall–Kier alpha value is -3.29. The van der Waals surface area contributed by atoms with Crippen LogP contribution in [0.4, 0.5) is 5.69 Å². The van der Waals surface area contributed by atoms with Gasteiger partial charge in [0.25, 0.3) is 5.91 Å². The monoisotopic (exact) mass is 477 g/mol. The van der Waals surface area contributed by atoms with Gasteiger partial charge in [-0.25, -0.2) is 0 Å². The molecule has 0 unspecified atom stereocenters. The molecule has 5 nitrogen and oxygen atoms in total. The Morgan fingerprint density at radius 3 is 2.39 bits per heavy atom. The summed E-state index contributed by atoms with van der Waals surface area (Å²) >= 11 is 6.76. The number of benzene rings is 3. The minimum absolute atomic E-state index is 0.107. The number of methoxy groups -OCH3 is 1. The Bertz CT molecular complexity index is 1190. The second-order valence-electron chi connectivity index (χ2n) is 7.27. The zero-order valence-electron chi connectivity index (χ0n) is 18.3. The van der Waals surface area contributed by atoms with Crippen LogP contribution in [0.25, 0.3) is 6.08 Å². The maximum absolute atomic E-state index is 12.9. The zero-order chi connectivity index (χ0) is 23.2. The van der Waals surface area contributed by atoms with Crippen molar-refractivity contribution in [3.8, 4) is 17.2 Å². The fourth-order valence-corrected chi connectivity index (χ4v) is 4.62. The lowest BCUT2D eigenvalue weighted by Crippen LogP contribution is -2.27. The largest absolute Gasteiger partial charge is 0.493 e. The Labute approximate surface area is 203 Å². The van der Waals surface area contributed by atoms with Crippen molar-refractivity contribution in [1.29, 1.82) is 0 Å². The maximum atomic E-state index is 12.9. The number of thiocarbonyl (C=S) groups is 1. The number of anilines is 1. The number of carbonyl (C=O) groups is 1. The van der Waals surface area contributed by atoms with Crippen LogP contribution < -0.4 is 19.1 Å². The number of hydrogen-bond donors (Lipinski definition) is 0. The summed E-state index contributed by atoms with van der Waals surface area (Å²) in [4.78, 5) is 15.1. The first-order valence-electron chi connectivity index (χ1n) is 10.4. The van der Waals surface area contributed by atoms with Gasteiger partial charge in [-0.1, -0.05) is 60.4 Å². The number of hydrogen-bond acceptors (Lipinski definition) is 6. The summed E-state index contributed by atoms with van der Waals surface area (Å²) in [6.45, 7) is 2.78. The highest BCUT2D eigenvalue weighted by Gasteiger charge is 2.33. The smallest absolute Gasteiger partial charge is 0.270 e. The number of rotatable bonds is 8. The second-order valence-corrected chi connectivity index (χ2v) is 8.95. The van der Waals surface area contributed by atoms with E-state index in [2.05, 4.69) is 0 Å². The lowest BCUT2D eigenvalue weighted by atomic mass is 10.2. The molecule has 0 N–H and O–H groups in total. The van der Waals surface area contributed by atoms with Crippen molar-refractivity contribution in [2.75, 3.05) is 25.2 Å². The van der Waals surface area contributed by atoms with Crippen LogP contribution in [0.15, 0.2) is 77.7 Å². The molecule has 7 heteroatoms. The SMILES string of the molecule is COc1ccccc1OCCOc1ccc(/C=C2\SC(=S)N(c3cccc(C)c3)C2=O)cc1. The third-order valence-corrected chi connectivity index (χ3v) is 6.21. The predicted octanol–water partition coefficient (Wildman–Crippen LogP) is 5.87. The second kappa shape index (κ2) is 10.6. The van der Waals surface area contributed by atoms with Gasteiger partial charge in [0, 0.05) is 0 Å². The van der Waals surface area contributed by atoms with Crippen LogP contribution in [-0.4, -0.2) is 30.6 Å². The van der Waals surface area contributed by atoms with Gasteiger partial charge < -0.3 is 14.2 Å². The van der Waals surface area contributed by atoms with Crippen LogP contribution in [-0.2, 0) is 4.79 Å². The average Bonchev–Trinajstić information content (AvgIpc) is 3.10. The first-order chi connectivity index (χ1) is 16.0.